The molecule has 4 heterocycles. The van der Waals surface area contributed by atoms with Crippen molar-refractivity contribution in [1.82, 2.24) is 25.5 Å². The molecule has 2 fully saturated rings. The van der Waals surface area contributed by atoms with E-state index in [1.165, 1.54) is 42.0 Å². The number of ether oxygens (including phenoxy) is 5. The van der Waals surface area contributed by atoms with Crippen molar-refractivity contribution in [3.63, 3.8) is 0 Å². The van der Waals surface area contributed by atoms with E-state index in [0.29, 0.717) is 4.90 Å². The van der Waals surface area contributed by atoms with E-state index in [1.807, 2.05) is 31.2 Å². The highest BCUT2D eigenvalue weighted by atomic mass is 32.1. The van der Waals surface area contributed by atoms with Gasteiger partial charge in [-0.2, -0.15) is 18.4 Å². The molecule has 0 aliphatic carbocycles. The number of methoxy groups -OCH3 is 1. The van der Waals surface area contributed by atoms with Gasteiger partial charge in [0.2, 0.25) is 23.6 Å². The van der Waals surface area contributed by atoms with E-state index in [4.69, 9.17) is 35.9 Å². The van der Waals surface area contributed by atoms with Crippen molar-refractivity contribution < 1.29 is 70.3 Å². The zero-order valence-electron chi connectivity index (χ0n) is 42.0. The smallest absolute Gasteiger partial charge is 0.420 e. The third-order valence-corrected chi connectivity index (χ3v) is 13.4. The van der Waals surface area contributed by atoms with Gasteiger partial charge in [0, 0.05) is 19.5 Å². The minimum atomic E-state index is -5.27. The van der Waals surface area contributed by atoms with Crippen LogP contribution in [0.3, 0.4) is 0 Å². The largest absolute Gasteiger partial charge is 0.475 e. The summed E-state index contributed by atoms with van der Waals surface area (Å²) < 4.78 is 84.1. The lowest BCUT2D eigenvalue weighted by molar-refractivity contribution is -0.144. The number of carbonyl (C=O) groups is 5. The third-order valence-electron chi connectivity index (χ3n) is 12.1. The van der Waals surface area contributed by atoms with Crippen molar-refractivity contribution >= 4 is 69.6 Å². The molecule has 0 radical (unpaired) electrons. The molecule has 6 rings (SSSR count). The first kappa shape index (κ1) is 57.6. The number of carbonyl (C=O) groups excluding carboxylic acids is 5. The van der Waals surface area contributed by atoms with Crippen LogP contribution in [0.1, 0.15) is 73.8 Å². The van der Waals surface area contributed by atoms with Crippen molar-refractivity contribution in [1.29, 1.82) is 5.26 Å². The van der Waals surface area contributed by atoms with Gasteiger partial charge in [0.15, 0.2) is 10.9 Å². The Morgan fingerprint density at radius 3 is 2.25 bits per heavy atom. The number of hydrogen-bond donors (Lipinski definition) is 3. The van der Waals surface area contributed by atoms with E-state index in [1.54, 1.807) is 37.6 Å². The van der Waals surface area contributed by atoms with E-state index >= 15 is 4.39 Å². The van der Waals surface area contributed by atoms with E-state index in [2.05, 4.69) is 20.6 Å². The summed E-state index contributed by atoms with van der Waals surface area (Å²) in [6, 6.07) is 9.87. The molecule has 0 saturated carbocycles. The number of aromatic nitrogens is 2. The van der Waals surface area contributed by atoms with Crippen molar-refractivity contribution in [3.8, 4) is 22.4 Å². The third kappa shape index (κ3) is 13.4. The number of nitrogens with one attached hydrogen (secondary N) is 2. The van der Waals surface area contributed by atoms with Gasteiger partial charge in [0.25, 0.3) is 5.91 Å². The maximum atomic E-state index is 15.5. The SMILES string of the molecule is COC(=O)c1cc(N2C(=S)N(c3ccc(C#N)c(C(F)(F)F)c3F)C(=O)C2(C)C)cnc1OCCOCCOCCOCC(=O)N[C@H](C(=O)N1C[C@H](O)C[C@H]1C(=O)NCc1ccc(-c2scnc2C)cc1)C(C)(C)C. The molecule has 2 aromatic heterocycles. The van der Waals surface area contributed by atoms with Crippen LogP contribution < -0.4 is 25.2 Å². The van der Waals surface area contributed by atoms with Crippen LogP contribution in [0.15, 0.2) is 54.2 Å². The Morgan fingerprint density at radius 1 is 1.00 bits per heavy atom. The number of rotatable bonds is 21. The Balaban J connectivity index is 0.921. The second-order valence-electron chi connectivity index (χ2n) is 18.9. The number of alkyl halides is 3. The Morgan fingerprint density at radius 2 is 1.65 bits per heavy atom. The predicted octanol–water partition coefficient (Wildman–Crippen LogP) is 5.48. The number of thiazole rings is 1. The molecule has 0 spiro atoms. The maximum absolute atomic E-state index is 15.5. The molecule has 0 bridgehead atoms. The number of nitrogens with zero attached hydrogens (tertiary/aromatic N) is 6. The number of aliphatic hydroxyl groups excluding tert-OH is 1. The van der Waals surface area contributed by atoms with Crippen LogP contribution >= 0.6 is 23.6 Å². The highest BCUT2D eigenvalue weighted by Crippen LogP contribution is 2.42. The summed E-state index contributed by atoms with van der Waals surface area (Å²) in [6.07, 6.45) is -4.96. The van der Waals surface area contributed by atoms with Crippen LogP contribution in [0.5, 0.6) is 5.88 Å². The summed E-state index contributed by atoms with van der Waals surface area (Å²) in [4.78, 5) is 79.6. The molecule has 19 nitrogen and oxygen atoms in total. The minimum Gasteiger partial charge on any atom is -0.475 e. The fourth-order valence-electron chi connectivity index (χ4n) is 8.27. The predicted molar refractivity (Wildman–Crippen MR) is 268 cm³/mol. The number of aliphatic hydroxyl groups is 1. The van der Waals surface area contributed by atoms with Gasteiger partial charge in [0.1, 0.15) is 42.0 Å². The van der Waals surface area contributed by atoms with Crippen LogP contribution in [0.4, 0.5) is 28.9 Å². The highest BCUT2D eigenvalue weighted by Gasteiger charge is 2.52. The highest BCUT2D eigenvalue weighted by molar-refractivity contribution is 7.81. The molecule has 25 heteroatoms. The normalized spacial score (nSPS) is 17.0. The molecule has 2 aliphatic rings. The number of thiocarbonyl (C=S) groups is 1. The van der Waals surface area contributed by atoms with Crippen molar-refractivity contribution in [2.45, 2.75) is 84.4 Å². The van der Waals surface area contributed by atoms with Gasteiger partial charge in [-0.1, -0.05) is 45.0 Å². The summed E-state index contributed by atoms with van der Waals surface area (Å²) >= 11 is 7.03. The monoisotopic (exact) mass is 1080 g/mol. The number of hydrogen-bond acceptors (Lipinski definition) is 16. The van der Waals surface area contributed by atoms with Crippen LogP contribution in [0.25, 0.3) is 10.4 Å². The molecule has 2 aliphatic heterocycles. The van der Waals surface area contributed by atoms with Crippen LogP contribution in [-0.2, 0) is 50.8 Å². The van der Waals surface area contributed by atoms with Crippen molar-refractivity contribution in [2.24, 2.45) is 5.41 Å². The van der Waals surface area contributed by atoms with E-state index < -0.39 is 99.3 Å². The minimum absolute atomic E-state index is 0.00543. The first-order chi connectivity index (χ1) is 35.4. The lowest BCUT2D eigenvalue weighted by Crippen LogP contribution is -2.58. The van der Waals surface area contributed by atoms with Gasteiger partial charge < -0.3 is 49.2 Å². The lowest BCUT2D eigenvalue weighted by atomic mass is 9.85. The molecule has 2 saturated heterocycles. The molecule has 75 heavy (non-hydrogen) atoms. The topological polar surface area (TPSA) is 235 Å². The number of β-amino-alcohol motifs (C(OH)–C–C–N with tert-alkyl or cyclic N) is 1. The molecule has 2 aromatic carbocycles. The zero-order chi connectivity index (χ0) is 55.0. The number of pyridine rings is 1. The van der Waals surface area contributed by atoms with Gasteiger partial charge in [-0.3, -0.25) is 24.1 Å². The molecule has 402 valence electrons. The van der Waals surface area contributed by atoms with Crippen LogP contribution in [-0.4, -0.2) is 138 Å². The fourth-order valence-corrected chi connectivity index (χ4v) is 9.60. The van der Waals surface area contributed by atoms with Gasteiger partial charge in [0.05, 0.1) is 91.5 Å². The first-order valence-corrected chi connectivity index (χ1v) is 24.7. The molecular weight excluding hydrogens is 1030 g/mol. The lowest BCUT2D eigenvalue weighted by Gasteiger charge is -2.35. The number of likely N-dealkylation sites (tertiary alicyclic amines) is 1. The maximum Gasteiger partial charge on any atom is 0.420 e. The van der Waals surface area contributed by atoms with E-state index in [0.717, 1.165) is 40.9 Å². The molecule has 0 unspecified atom stereocenters. The second-order valence-corrected chi connectivity index (χ2v) is 20.1. The number of anilines is 2. The number of halogens is 4. The number of benzene rings is 2. The molecule has 4 aromatic rings. The Kier molecular flexibility index (Phi) is 18.7. The fraction of sp³-hybridized carbons (Fsp3) is 0.460. The van der Waals surface area contributed by atoms with Gasteiger partial charge in [-0.05, 0) is 67.7 Å². The number of aryl methyl sites for hydroxylation is 1. The zero-order valence-corrected chi connectivity index (χ0v) is 43.7. The first-order valence-electron chi connectivity index (χ1n) is 23.4. The quantitative estimate of drug-likeness (QED) is 0.0405. The average molecular weight is 1090 g/mol. The summed E-state index contributed by atoms with van der Waals surface area (Å²) in [7, 11) is 1.10. The number of nitriles is 1. The van der Waals surface area contributed by atoms with Crippen LogP contribution in [0, 0.1) is 29.5 Å². The molecule has 4 amide bonds. The summed E-state index contributed by atoms with van der Waals surface area (Å²) in [5.41, 5.74) is -1.68. The number of amides is 4. The Labute approximate surface area is 439 Å². The molecule has 3 atom stereocenters. The Bertz CT molecular complexity index is 2820. The second kappa shape index (κ2) is 24.3. The standard InChI is InChI=1S/C50H56F4N8O11S2/c1-28-40(75-27-58-28)30-10-8-29(9-11-30)23-56-42(65)36-21-33(63)25-60(36)44(66)41(48(2,3)4)59-37(64)26-72-17-16-70-14-15-71-18-19-73-43-34(45(67)69-7)20-32(24-57-43)62-47(74)61(46(68)49(62,5)6)35-13-12-31(22-55)38(39(35)51)50(52,53)54/h8-13,20,24,27,33,36,41,63H,14-19,21,23,25-26H2,1-7H3,(H,56,65)(H,59,64)/t33-,36+,41-/m1/s1. The van der Waals surface area contributed by atoms with Crippen molar-refractivity contribution in [3.05, 3.63) is 87.9 Å². The summed E-state index contributed by atoms with van der Waals surface area (Å²) in [6.45, 7) is 10.0. The molecule has 3 N–H and O–H groups in total. The van der Waals surface area contributed by atoms with Gasteiger partial charge in [-0.15, -0.1) is 11.3 Å². The summed E-state index contributed by atoms with van der Waals surface area (Å²) in [5.74, 6) is -5.37. The van der Waals surface area contributed by atoms with E-state index in [9.17, 15) is 47.5 Å². The van der Waals surface area contributed by atoms with Crippen LogP contribution in [0.2, 0.25) is 0 Å². The Hall–Kier alpha value is -6.69. The molecular formula is C50H56F4N8O11S2. The summed E-state index contributed by atoms with van der Waals surface area (Å²) in [5, 5.41) is 24.9. The number of esters is 1. The van der Waals surface area contributed by atoms with Gasteiger partial charge in [-0.25, -0.2) is 19.2 Å². The average Bonchev–Trinajstić information content (AvgIpc) is 4.02. The van der Waals surface area contributed by atoms with Gasteiger partial charge >= 0.3 is 12.1 Å². The van der Waals surface area contributed by atoms with E-state index in [-0.39, 0.29) is 76.3 Å². The van der Waals surface area contributed by atoms with Crippen molar-refractivity contribution in [2.75, 3.05) is 69.7 Å².